The summed E-state index contributed by atoms with van der Waals surface area (Å²) < 4.78 is 0. The topological polar surface area (TPSA) is 25.8 Å². The standard InChI is InChI=1S/C16H20Cl2N2Si/c1-9-7-10(2)12(11(3)8-9)16-19-14(17)13(15(18)20-16)21(4,5)6/h7-8H,1-6H3. The van der Waals surface area contributed by atoms with Gasteiger partial charge in [0.25, 0.3) is 0 Å². The van der Waals surface area contributed by atoms with Crippen molar-refractivity contribution in [3.63, 3.8) is 0 Å². The summed E-state index contributed by atoms with van der Waals surface area (Å²) in [7, 11) is -1.67. The van der Waals surface area contributed by atoms with Gasteiger partial charge in [0, 0.05) is 10.8 Å². The average molecular weight is 339 g/mol. The van der Waals surface area contributed by atoms with Crippen molar-refractivity contribution in [2.75, 3.05) is 0 Å². The highest BCUT2D eigenvalue weighted by molar-refractivity contribution is 6.91. The Morgan fingerprint density at radius 3 is 1.67 bits per heavy atom. The third-order valence-electron chi connectivity index (χ3n) is 3.47. The van der Waals surface area contributed by atoms with Gasteiger partial charge >= 0.3 is 0 Å². The van der Waals surface area contributed by atoms with Crippen LogP contribution in [0.15, 0.2) is 12.1 Å². The zero-order valence-electron chi connectivity index (χ0n) is 13.3. The predicted octanol–water partition coefficient (Wildman–Crippen LogP) is 4.92. The molecule has 5 heteroatoms. The monoisotopic (exact) mass is 338 g/mol. The van der Waals surface area contributed by atoms with Crippen molar-refractivity contribution < 1.29 is 0 Å². The predicted molar refractivity (Wildman–Crippen MR) is 94.7 cm³/mol. The quantitative estimate of drug-likeness (QED) is 0.573. The molecule has 112 valence electrons. The number of aryl methyl sites for hydroxylation is 3. The van der Waals surface area contributed by atoms with Crippen LogP contribution in [0.4, 0.5) is 0 Å². The largest absolute Gasteiger partial charge is 0.216 e. The first-order chi connectivity index (χ1) is 9.61. The molecule has 0 saturated carbocycles. The Morgan fingerprint density at radius 1 is 0.857 bits per heavy atom. The maximum Gasteiger partial charge on any atom is 0.163 e. The molecule has 1 aromatic heterocycles. The molecule has 21 heavy (non-hydrogen) atoms. The first-order valence-electron chi connectivity index (χ1n) is 6.93. The fourth-order valence-electron chi connectivity index (χ4n) is 2.67. The summed E-state index contributed by atoms with van der Waals surface area (Å²) in [6.45, 7) is 12.8. The van der Waals surface area contributed by atoms with E-state index in [9.17, 15) is 0 Å². The molecule has 0 aliphatic heterocycles. The molecule has 1 aromatic carbocycles. The minimum Gasteiger partial charge on any atom is -0.216 e. The average Bonchev–Trinajstić information content (AvgIpc) is 2.23. The number of halogens is 2. The molecule has 0 aliphatic rings. The van der Waals surface area contributed by atoms with E-state index in [0.717, 1.165) is 21.9 Å². The van der Waals surface area contributed by atoms with Crippen LogP contribution in [0.3, 0.4) is 0 Å². The Kier molecular flexibility index (Phi) is 4.48. The molecule has 0 spiro atoms. The third-order valence-corrected chi connectivity index (χ3v) is 6.31. The fraction of sp³-hybridized carbons (Fsp3) is 0.375. The van der Waals surface area contributed by atoms with Gasteiger partial charge < -0.3 is 0 Å². The van der Waals surface area contributed by atoms with Crippen molar-refractivity contribution in [3.05, 3.63) is 39.1 Å². The maximum atomic E-state index is 6.40. The highest BCUT2D eigenvalue weighted by atomic mass is 35.5. The van der Waals surface area contributed by atoms with E-state index in [1.54, 1.807) is 0 Å². The first-order valence-corrected chi connectivity index (χ1v) is 11.2. The van der Waals surface area contributed by atoms with E-state index in [-0.39, 0.29) is 0 Å². The van der Waals surface area contributed by atoms with Crippen LogP contribution in [0.2, 0.25) is 29.9 Å². The van der Waals surface area contributed by atoms with Gasteiger partial charge in [0.05, 0.1) is 8.07 Å². The maximum absolute atomic E-state index is 6.40. The summed E-state index contributed by atoms with van der Waals surface area (Å²) >= 11 is 12.8. The van der Waals surface area contributed by atoms with Crippen molar-refractivity contribution in [1.29, 1.82) is 0 Å². The van der Waals surface area contributed by atoms with Crippen molar-refractivity contribution in [2.24, 2.45) is 0 Å². The molecule has 0 aliphatic carbocycles. The number of benzene rings is 1. The molecule has 2 rings (SSSR count). The lowest BCUT2D eigenvalue weighted by atomic mass is 9.99. The van der Waals surface area contributed by atoms with E-state index in [4.69, 9.17) is 23.2 Å². The number of nitrogens with zero attached hydrogens (tertiary/aromatic N) is 2. The second kappa shape index (κ2) is 5.71. The highest BCUT2D eigenvalue weighted by Crippen LogP contribution is 2.28. The Balaban J connectivity index is 2.69. The summed E-state index contributed by atoms with van der Waals surface area (Å²) in [4.78, 5) is 9.05. The van der Waals surface area contributed by atoms with Crippen LogP contribution in [0.1, 0.15) is 16.7 Å². The van der Waals surface area contributed by atoms with Crippen molar-refractivity contribution in [3.8, 4) is 11.4 Å². The number of hydrogen-bond donors (Lipinski definition) is 0. The van der Waals surface area contributed by atoms with Crippen LogP contribution >= 0.6 is 23.2 Å². The van der Waals surface area contributed by atoms with Gasteiger partial charge in [-0.2, -0.15) is 0 Å². The zero-order chi connectivity index (χ0) is 15.9. The molecule has 0 saturated heterocycles. The lowest BCUT2D eigenvalue weighted by molar-refractivity contribution is 1.16. The lowest BCUT2D eigenvalue weighted by Gasteiger charge is -2.20. The minimum atomic E-state index is -1.67. The molecule has 0 unspecified atom stereocenters. The van der Waals surface area contributed by atoms with Crippen LogP contribution < -0.4 is 5.19 Å². The molecule has 0 N–H and O–H groups in total. The van der Waals surface area contributed by atoms with Gasteiger partial charge in [-0.25, -0.2) is 9.97 Å². The van der Waals surface area contributed by atoms with Crippen LogP contribution in [0.25, 0.3) is 11.4 Å². The summed E-state index contributed by atoms with van der Waals surface area (Å²) in [6.07, 6.45) is 0. The molecular formula is C16H20Cl2N2Si. The van der Waals surface area contributed by atoms with Crippen molar-refractivity contribution >= 4 is 36.5 Å². The molecule has 2 aromatic rings. The second-order valence-corrected chi connectivity index (χ2v) is 12.2. The van der Waals surface area contributed by atoms with Gasteiger partial charge in [0.15, 0.2) is 5.82 Å². The third kappa shape index (κ3) is 3.31. The van der Waals surface area contributed by atoms with E-state index in [1.165, 1.54) is 5.56 Å². The molecule has 2 nitrogen and oxygen atoms in total. The fourth-order valence-corrected chi connectivity index (χ4v) is 6.11. The molecule has 1 heterocycles. The summed E-state index contributed by atoms with van der Waals surface area (Å²) in [5, 5.41) is 1.91. The zero-order valence-corrected chi connectivity index (χ0v) is 15.8. The van der Waals surface area contributed by atoms with Crippen LogP contribution in [-0.4, -0.2) is 18.0 Å². The molecule has 0 bridgehead atoms. The highest BCUT2D eigenvalue weighted by Gasteiger charge is 2.26. The van der Waals surface area contributed by atoms with Crippen LogP contribution in [-0.2, 0) is 0 Å². The summed E-state index contributed by atoms with van der Waals surface area (Å²) in [5.74, 6) is 0.613. The normalized spacial score (nSPS) is 11.8. The van der Waals surface area contributed by atoms with Gasteiger partial charge in [0.2, 0.25) is 0 Å². The van der Waals surface area contributed by atoms with Crippen molar-refractivity contribution in [1.82, 2.24) is 9.97 Å². The Labute approximate surface area is 137 Å². The molecule has 0 atom stereocenters. The van der Waals surface area contributed by atoms with Gasteiger partial charge in [-0.3, -0.25) is 0 Å². The van der Waals surface area contributed by atoms with Gasteiger partial charge in [-0.1, -0.05) is 60.5 Å². The summed E-state index contributed by atoms with van der Waals surface area (Å²) in [5.41, 5.74) is 4.52. The van der Waals surface area contributed by atoms with Gasteiger partial charge in [0.1, 0.15) is 10.3 Å². The minimum absolute atomic E-state index is 0.489. The number of aromatic nitrogens is 2. The van der Waals surface area contributed by atoms with Crippen molar-refractivity contribution in [2.45, 2.75) is 40.4 Å². The van der Waals surface area contributed by atoms with Gasteiger partial charge in [-0.15, -0.1) is 0 Å². The smallest absolute Gasteiger partial charge is 0.163 e. The Hall–Kier alpha value is -0.903. The van der Waals surface area contributed by atoms with E-state index in [2.05, 4.69) is 62.5 Å². The van der Waals surface area contributed by atoms with Crippen LogP contribution in [0.5, 0.6) is 0 Å². The molecule has 0 radical (unpaired) electrons. The number of hydrogen-bond acceptors (Lipinski definition) is 2. The van der Waals surface area contributed by atoms with E-state index in [0.29, 0.717) is 16.1 Å². The van der Waals surface area contributed by atoms with E-state index >= 15 is 0 Å². The summed E-state index contributed by atoms with van der Waals surface area (Å²) in [6, 6.07) is 4.25. The Bertz CT molecular complexity index is 660. The lowest BCUT2D eigenvalue weighted by Crippen LogP contribution is -2.40. The second-order valence-electron chi connectivity index (χ2n) is 6.53. The first kappa shape index (κ1) is 16.5. The van der Waals surface area contributed by atoms with Crippen LogP contribution in [0, 0.1) is 20.8 Å². The molecular weight excluding hydrogens is 319 g/mol. The van der Waals surface area contributed by atoms with Gasteiger partial charge in [-0.05, 0) is 31.9 Å². The van der Waals surface area contributed by atoms with E-state index < -0.39 is 8.07 Å². The molecule has 0 fully saturated rings. The van der Waals surface area contributed by atoms with E-state index in [1.807, 2.05) is 0 Å². The number of rotatable bonds is 2. The SMILES string of the molecule is Cc1cc(C)c(-c2nc(Cl)c([Si](C)(C)C)c(Cl)n2)c(C)c1. The molecule has 0 amide bonds. The Morgan fingerprint density at radius 2 is 1.29 bits per heavy atom.